The van der Waals surface area contributed by atoms with Crippen LogP contribution in [0.15, 0.2) is 12.1 Å². The molecule has 1 heterocycles. The number of nitrogens with two attached hydrogens (primary N) is 1. The van der Waals surface area contributed by atoms with E-state index in [1.807, 2.05) is 0 Å². The molecule has 1 aromatic carbocycles. The predicted molar refractivity (Wildman–Crippen MR) is 95.9 cm³/mol. The quantitative estimate of drug-likeness (QED) is 0.779. The third kappa shape index (κ3) is 3.66. The largest absolute Gasteiger partial charge is 0.465 e. The predicted octanol–water partition coefficient (Wildman–Crippen LogP) is 3.45. The summed E-state index contributed by atoms with van der Waals surface area (Å²) in [7, 11) is 0. The molecule has 1 aliphatic heterocycles. The highest BCUT2D eigenvalue weighted by molar-refractivity contribution is 6.32. The molecule has 2 unspecified atom stereocenters. The topological polar surface area (TPSA) is 86.9 Å². The molecule has 0 bridgehead atoms. The number of alkyl halides is 1. The normalized spacial score (nSPS) is 20.6. The van der Waals surface area contributed by atoms with Gasteiger partial charge in [0.15, 0.2) is 0 Å². The zero-order valence-corrected chi connectivity index (χ0v) is 15.5. The highest BCUT2D eigenvalue weighted by Crippen LogP contribution is 2.37. The van der Waals surface area contributed by atoms with Gasteiger partial charge in [0.2, 0.25) is 0 Å². The minimum Gasteiger partial charge on any atom is -0.465 e. The van der Waals surface area contributed by atoms with Gasteiger partial charge in [0.1, 0.15) is 12.2 Å². The molecule has 0 aromatic heterocycles. The Morgan fingerprint density at radius 1 is 1.40 bits per heavy atom. The lowest BCUT2D eigenvalue weighted by Crippen LogP contribution is -2.54. The van der Waals surface area contributed by atoms with Gasteiger partial charge in [0.05, 0.1) is 17.9 Å². The van der Waals surface area contributed by atoms with Crippen LogP contribution < -0.4 is 10.6 Å². The molecule has 25 heavy (non-hydrogen) atoms. The molecular weight excluding hydrogens is 349 g/mol. The molecule has 0 aliphatic carbocycles. The number of benzene rings is 1. The van der Waals surface area contributed by atoms with Gasteiger partial charge in [0, 0.05) is 17.0 Å². The number of nitrogen functional groups attached to an aromatic ring is 1. The molecule has 6 nitrogen and oxygen atoms in total. The molecule has 2 atom stereocenters. The second-order valence-electron chi connectivity index (χ2n) is 7.23. The first kappa shape index (κ1) is 19.3. The summed E-state index contributed by atoms with van der Waals surface area (Å²) in [6, 6.07) is 2.18. The lowest BCUT2D eigenvalue weighted by Gasteiger charge is -2.39. The summed E-state index contributed by atoms with van der Waals surface area (Å²) in [6.07, 6.45) is -2.84. The number of rotatable bonds is 2. The van der Waals surface area contributed by atoms with Crippen molar-refractivity contribution in [2.24, 2.45) is 0 Å². The molecule has 138 valence electrons. The highest BCUT2D eigenvalue weighted by Gasteiger charge is 2.44. The minimum atomic E-state index is -1.36. The smallest absolute Gasteiger partial charge is 0.408 e. The summed E-state index contributed by atoms with van der Waals surface area (Å²) in [5.74, 6) is -0.497. The molecule has 0 saturated carbocycles. The minimum absolute atomic E-state index is 0.163. The zero-order valence-electron chi connectivity index (χ0n) is 14.7. The van der Waals surface area contributed by atoms with Crippen molar-refractivity contribution < 1.29 is 19.1 Å². The van der Waals surface area contributed by atoms with Crippen LogP contribution in [-0.4, -0.2) is 46.3 Å². The molecule has 1 fully saturated rings. The van der Waals surface area contributed by atoms with E-state index in [1.165, 1.54) is 4.90 Å². The molecule has 1 aliphatic rings. The van der Waals surface area contributed by atoms with Crippen molar-refractivity contribution in [3.63, 3.8) is 0 Å². The van der Waals surface area contributed by atoms with E-state index in [0.717, 1.165) is 4.90 Å². The van der Waals surface area contributed by atoms with E-state index in [2.05, 4.69) is 0 Å². The fourth-order valence-corrected chi connectivity index (χ4v) is 3.24. The fraction of sp³-hybridized carbons (Fsp3) is 0.529. The van der Waals surface area contributed by atoms with E-state index in [4.69, 9.17) is 17.3 Å². The van der Waals surface area contributed by atoms with E-state index in [1.54, 1.807) is 39.8 Å². The zero-order chi connectivity index (χ0) is 19.1. The number of hydrogen-bond donors (Lipinski definition) is 2. The monoisotopic (exact) mass is 371 g/mol. The lowest BCUT2D eigenvalue weighted by molar-refractivity contribution is -0.123. The number of carbonyl (C=O) groups is 2. The Hall–Kier alpha value is -2.02. The lowest BCUT2D eigenvalue weighted by atomic mass is 10.00. The second-order valence-corrected chi connectivity index (χ2v) is 7.64. The SMILES string of the molecule is Cc1c(Cl)ccc(N(C(=O)C2CC(F)CN2C(=O)O)C(C)(C)C)c1N. The summed E-state index contributed by atoms with van der Waals surface area (Å²) in [5.41, 5.74) is 6.87. The van der Waals surface area contributed by atoms with Crippen LogP contribution in [0.3, 0.4) is 0 Å². The van der Waals surface area contributed by atoms with Crippen LogP contribution in [0.1, 0.15) is 32.8 Å². The van der Waals surface area contributed by atoms with E-state index in [9.17, 15) is 19.1 Å². The molecule has 2 rings (SSSR count). The summed E-state index contributed by atoms with van der Waals surface area (Å²) < 4.78 is 13.8. The summed E-state index contributed by atoms with van der Waals surface area (Å²) in [6.45, 7) is 6.85. The highest BCUT2D eigenvalue weighted by atomic mass is 35.5. The van der Waals surface area contributed by atoms with Crippen molar-refractivity contribution in [1.29, 1.82) is 0 Å². The van der Waals surface area contributed by atoms with Gasteiger partial charge in [-0.15, -0.1) is 0 Å². The molecule has 0 spiro atoms. The molecule has 1 saturated heterocycles. The Morgan fingerprint density at radius 2 is 2.00 bits per heavy atom. The van der Waals surface area contributed by atoms with Gasteiger partial charge < -0.3 is 15.7 Å². The van der Waals surface area contributed by atoms with Crippen molar-refractivity contribution in [3.05, 3.63) is 22.7 Å². The first-order chi connectivity index (χ1) is 11.4. The maximum absolute atomic E-state index is 13.8. The number of carbonyl (C=O) groups excluding carboxylic acids is 1. The number of nitrogens with zero attached hydrogens (tertiary/aromatic N) is 2. The van der Waals surface area contributed by atoms with Gasteiger partial charge in [-0.1, -0.05) is 11.6 Å². The van der Waals surface area contributed by atoms with Crippen LogP contribution in [0.2, 0.25) is 5.02 Å². The van der Waals surface area contributed by atoms with Crippen LogP contribution in [0.5, 0.6) is 0 Å². The summed E-state index contributed by atoms with van der Waals surface area (Å²) in [5, 5.41) is 9.76. The fourth-order valence-electron chi connectivity index (χ4n) is 3.07. The van der Waals surface area contributed by atoms with Gasteiger partial charge in [-0.25, -0.2) is 9.18 Å². The van der Waals surface area contributed by atoms with Gasteiger partial charge in [-0.2, -0.15) is 0 Å². The molecular formula is C17H23ClFN3O3. The second kappa shape index (κ2) is 6.71. The Kier molecular flexibility index (Phi) is 5.18. The Balaban J connectivity index is 2.51. The first-order valence-electron chi connectivity index (χ1n) is 7.97. The molecule has 8 heteroatoms. The van der Waals surface area contributed by atoms with Crippen molar-refractivity contribution in [2.75, 3.05) is 17.2 Å². The Bertz CT molecular complexity index is 705. The molecule has 2 amide bonds. The van der Waals surface area contributed by atoms with Gasteiger partial charge >= 0.3 is 6.09 Å². The number of carboxylic acid groups (broad SMARTS) is 1. The number of halogens is 2. The van der Waals surface area contributed by atoms with Crippen LogP contribution >= 0.6 is 11.6 Å². The Labute approximate surface area is 151 Å². The number of likely N-dealkylation sites (tertiary alicyclic amines) is 1. The number of hydrogen-bond acceptors (Lipinski definition) is 3. The first-order valence-corrected chi connectivity index (χ1v) is 8.35. The van der Waals surface area contributed by atoms with Crippen molar-refractivity contribution in [1.82, 2.24) is 4.90 Å². The maximum Gasteiger partial charge on any atom is 0.408 e. The number of anilines is 2. The third-order valence-corrected chi connectivity index (χ3v) is 4.75. The van der Waals surface area contributed by atoms with E-state index < -0.39 is 29.8 Å². The van der Waals surface area contributed by atoms with E-state index in [0.29, 0.717) is 22.0 Å². The maximum atomic E-state index is 13.8. The summed E-state index contributed by atoms with van der Waals surface area (Å²) in [4.78, 5) is 26.8. The van der Waals surface area contributed by atoms with Gasteiger partial charge in [0.25, 0.3) is 5.91 Å². The van der Waals surface area contributed by atoms with E-state index in [-0.39, 0.29) is 13.0 Å². The van der Waals surface area contributed by atoms with Gasteiger partial charge in [-0.05, 0) is 45.4 Å². The molecule has 1 aromatic rings. The van der Waals surface area contributed by atoms with Crippen molar-refractivity contribution in [3.8, 4) is 0 Å². The van der Waals surface area contributed by atoms with Crippen molar-refractivity contribution >= 4 is 35.0 Å². The van der Waals surface area contributed by atoms with Crippen LogP contribution in [0.4, 0.5) is 20.6 Å². The standard InChI is InChI=1S/C17H23ClFN3O3/c1-9-11(18)5-6-12(14(9)20)22(17(2,3)4)15(23)13-7-10(19)8-21(13)16(24)25/h5-6,10,13H,7-8,20H2,1-4H3,(H,24,25). The van der Waals surface area contributed by atoms with Crippen molar-refractivity contribution in [2.45, 2.75) is 51.9 Å². The molecule has 0 radical (unpaired) electrons. The van der Waals surface area contributed by atoms with Gasteiger partial charge in [-0.3, -0.25) is 9.69 Å². The van der Waals surface area contributed by atoms with Crippen LogP contribution in [-0.2, 0) is 4.79 Å². The summed E-state index contributed by atoms with van der Waals surface area (Å²) >= 11 is 6.08. The third-order valence-electron chi connectivity index (χ3n) is 4.34. The number of amides is 2. The molecule has 3 N–H and O–H groups in total. The van der Waals surface area contributed by atoms with Crippen LogP contribution in [0.25, 0.3) is 0 Å². The average Bonchev–Trinajstić information content (AvgIpc) is 2.88. The Morgan fingerprint density at radius 3 is 2.52 bits per heavy atom. The van der Waals surface area contributed by atoms with Crippen LogP contribution in [0, 0.1) is 6.92 Å². The van der Waals surface area contributed by atoms with E-state index >= 15 is 0 Å². The average molecular weight is 372 g/mol.